The quantitative estimate of drug-likeness (QED) is 0.576. The minimum Gasteiger partial charge on any atom is -0.0995 e. The van der Waals surface area contributed by atoms with Crippen LogP contribution in [0.4, 0.5) is 0 Å². The summed E-state index contributed by atoms with van der Waals surface area (Å²) in [5.74, 6) is 0. The lowest BCUT2D eigenvalue weighted by Gasteiger charge is -2.14. The van der Waals surface area contributed by atoms with Gasteiger partial charge in [-0.15, -0.1) is 0 Å². The Morgan fingerprint density at radius 2 is 1.79 bits per heavy atom. The van der Waals surface area contributed by atoms with Gasteiger partial charge in [0.15, 0.2) is 0 Å². The van der Waals surface area contributed by atoms with Gasteiger partial charge < -0.3 is 0 Å². The highest BCUT2D eigenvalue weighted by Crippen LogP contribution is 2.28. The smallest absolute Gasteiger partial charge is 0.0135 e. The predicted octanol–water partition coefficient (Wildman–Crippen LogP) is 4.12. The summed E-state index contributed by atoms with van der Waals surface area (Å²) in [6.07, 6.45) is 5.68. The van der Waals surface area contributed by atoms with Crippen LogP contribution in [0.2, 0.25) is 0 Å². The number of hydrogen-bond acceptors (Lipinski definition) is 0. The van der Waals surface area contributed by atoms with Gasteiger partial charge in [-0.3, -0.25) is 0 Å². The van der Waals surface area contributed by atoms with Gasteiger partial charge >= 0.3 is 0 Å². The van der Waals surface area contributed by atoms with Crippen LogP contribution in [0.15, 0.2) is 42.5 Å². The van der Waals surface area contributed by atoms with Crippen molar-refractivity contribution in [3.63, 3.8) is 0 Å². The molecular weight excluding hydrogens is 168 g/mol. The molecule has 72 valence electrons. The summed E-state index contributed by atoms with van der Waals surface area (Å²) in [7, 11) is 0. The molecule has 1 aliphatic carbocycles. The topological polar surface area (TPSA) is 0 Å². The highest BCUT2D eigenvalue weighted by molar-refractivity contribution is 5.67. The van der Waals surface area contributed by atoms with E-state index in [2.05, 4.69) is 43.8 Å². The van der Waals surface area contributed by atoms with E-state index in [0.29, 0.717) is 0 Å². The summed E-state index contributed by atoms with van der Waals surface area (Å²) in [5.41, 5.74) is 5.55. The molecule has 1 aliphatic rings. The molecule has 0 amide bonds. The molecular formula is C14H16. The monoisotopic (exact) mass is 184 g/mol. The Kier molecular flexibility index (Phi) is 2.53. The molecule has 0 N–H and O–H groups in total. The molecule has 0 heterocycles. The third-order valence-electron chi connectivity index (χ3n) is 2.81. The van der Waals surface area contributed by atoms with Crippen molar-refractivity contribution in [3.8, 4) is 0 Å². The lowest BCUT2D eigenvalue weighted by molar-refractivity contribution is 0.922. The second kappa shape index (κ2) is 3.83. The molecule has 0 aromatic heterocycles. The molecule has 2 rings (SSSR count). The fourth-order valence-electron chi connectivity index (χ4n) is 1.81. The zero-order valence-corrected chi connectivity index (χ0v) is 8.72. The number of rotatable bonds is 1. The predicted molar refractivity (Wildman–Crippen MR) is 62.1 cm³/mol. The fraction of sp³-hybridized carbons (Fsp3) is 0.286. The third-order valence-corrected chi connectivity index (χ3v) is 2.81. The minimum absolute atomic E-state index is 1.06. The van der Waals surface area contributed by atoms with Crippen LogP contribution in [0.1, 0.15) is 30.4 Å². The Balaban J connectivity index is 2.23. The molecule has 0 heteroatoms. The molecule has 0 spiro atoms. The second-order valence-electron chi connectivity index (χ2n) is 4.05. The van der Waals surface area contributed by atoms with Crippen molar-refractivity contribution in [2.75, 3.05) is 0 Å². The fourth-order valence-corrected chi connectivity index (χ4v) is 1.81. The van der Waals surface area contributed by atoms with Gasteiger partial charge in [0.25, 0.3) is 0 Å². The maximum absolute atomic E-state index is 4.01. The first-order valence-electron chi connectivity index (χ1n) is 5.18. The molecule has 0 atom stereocenters. The maximum atomic E-state index is 4.01. The van der Waals surface area contributed by atoms with Gasteiger partial charge in [-0.1, -0.05) is 48.1 Å². The molecule has 1 aromatic carbocycles. The van der Waals surface area contributed by atoms with Gasteiger partial charge in [0.05, 0.1) is 0 Å². The van der Waals surface area contributed by atoms with Crippen molar-refractivity contribution in [1.29, 1.82) is 0 Å². The van der Waals surface area contributed by atoms with E-state index in [-0.39, 0.29) is 0 Å². The molecule has 0 fully saturated rings. The third kappa shape index (κ3) is 1.95. The van der Waals surface area contributed by atoms with Crippen molar-refractivity contribution in [3.05, 3.63) is 53.6 Å². The van der Waals surface area contributed by atoms with Gasteiger partial charge in [-0.2, -0.15) is 0 Å². The second-order valence-corrected chi connectivity index (χ2v) is 4.05. The summed E-state index contributed by atoms with van der Waals surface area (Å²) < 4.78 is 0. The summed E-state index contributed by atoms with van der Waals surface area (Å²) >= 11 is 0. The van der Waals surface area contributed by atoms with Crippen molar-refractivity contribution < 1.29 is 0 Å². The standard InChI is InChI=1S/C14H16/c1-11-3-7-13(8-4-11)14-9-5-12(2)6-10-14/h5-7,9-10H,1,3-4,8H2,2H3. The van der Waals surface area contributed by atoms with Crippen LogP contribution < -0.4 is 0 Å². The van der Waals surface area contributed by atoms with Crippen LogP contribution in [-0.2, 0) is 0 Å². The van der Waals surface area contributed by atoms with E-state index >= 15 is 0 Å². The summed E-state index contributed by atoms with van der Waals surface area (Å²) in [6, 6.07) is 8.80. The molecule has 0 nitrogen and oxygen atoms in total. The zero-order valence-electron chi connectivity index (χ0n) is 8.72. The average molecular weight is 184 g/mol. The van der Waals surface area contributed by atoms with E-state index in [9.17, 15) is 0 Å². The molecule has 0 unspecified atom stereocenters. The van der Waals surface area contributed by atoms with Crippen molar-refractivity contribution in [2.24, 2.45) is 0 Å². The average Bonchev–Trinajstić information content (AvgIpc) is 2.21. The number of hydrogen-bond donors (Lipinski definition) is 0. The van der Waals surface area contributed by atoms with E-state index in [0.717, 1.165) is 19.3 Å². The first kappa shape index (κ1) is 9.26. The molecule has 0 saturated carbocycles. The number of aryl methyl sites for hydroxylation is 1. The number of benzene rings is 1. The molecule has 0 radical (unpaired) electrons. The normalized spacial score (nSPS) is 16.6. The van der Waals surface area contributed by atoms with Crippen LogP contribution >= 0.6 is 0 Å². The van der Waals surface area contributed by atoms with Crippen LogP contribution in [0.25, 0.3) is 5.57 Å². The molecule has 0 saturated heterocycles. The first-order chi connectivity index (χ1) is 6.75. The van der Waals surface area contributed by atoms with Gasteiger partial charge in [0.1, 0.15) is 0 Å². The van der Waals surface area contributed by atoms with E-state index in [4.69, 9.17) is 0 Å². The first-order valence-corrected chi connectivity index (χ1v) is 5.18. The van der Waals surface area contributed by atoms with E-state index in [1.807, 2.05) is 0 Å². The summed E-state index contributed by atoms with van der Waals surface area (Å²) in [4.78, 5) is 0. The Hall–Kier alpha value is -1.30. The van der Waals surface area contributed by atoms with E-state index in [1.54, 1.807) is 0 Å². The highest BCUT2D eigenvalue weighted by atomic mass is 14.1. The summed E-state index contributed by atoms with van der Waals surface area (Å²) in [6.45, 7) is 6.14. The van der Waals surface area contributed by atoms with Gasteiger partial charge in [0.2, 0.25) is 0 Å². The molecule has 1 aromatic rings. The van der Waals surface area contributed by atoms with Crippen molar-refractivity contribution in [1.82, 2.24) is 0 Å². The number of allylic oxidation sites excluding steroid dienone is 3. The van der Waals surface area contributed by atoms with E-state index < -0.39 is 0 Å². The Labute approximate surface area is 86.0 Å². The Morgan fingerprint density at radius 3 is 2.36 bits per heavy atom. The van der Waals surface area contributed by atoms with Crippen molar-refractivity contribution >= 4 is 5.57 Å². The van der Waals surface area contributed by atoms with Crippen molar-refractivity contribution in [2.45, 2.75) is 26.2 Å². The van der Waals surface area contributed by atoms with Gasteiger partial charge in [-0.25, -0.2) is 0 Å². The Bertz CT molecular complexity index is 366. The van der Waals surface area contributed by atoms with Crippen LogP contribution in [0, 0.1) is 6.92 Å². The van der Waals surface area contributed by atoms with Gasteiger partial charge in [0, 0.05) is 0 Å². The Morgan fingerprint density at radius 1 is 1.07 bits per heavy atom. The summed E-state index contributed by atoms with van der Waals surface area (Å²) in [5, 5.41) is 0. The molecule has 14 heavy (non-hydrogen) atoms. The van der Waals surface area contributed by atoms with Gasteiger partial charge in [-0.05, 0) is 37.3 Å². The van der Waals surface area contributed by atoms with Crippen LogP contribution in [0.3, 0.4) is 0 Å². The SMILES string of the molecule is C=C1CC=C(c2ccc(C)cc2)CC1. The van der Waals surface area contributed by atoms with E-state index in [1.165, 1.54) is 22.3 Å². The lowest BCUT2D eigenvalue weighted by Crippen LogP contribution is -1.93. The minimum atomic E-state index is 1.06. The van der Waals surface area contributed by atoms with Crippen LogP contribution in [0.5, 0.6) is 0 Å². The lowest BCUT2D eigenvalue weighted by atomic mass is 9.91. The van der Waals surface area contributed by atoms with Crippen LogP contribution in [-0.4, -0.2) is 0 Å². The molecule has 0 bridgehead atoms. The maximum Gasteiger partial charge on any atom is -0.0135 e. The zero-order chi connectivity index (χ0) is 9.97. The molecule has 0 aliphatic heterocycles. The largest absolute Gasteiger partial charge is 0.0995 e. The highest BCUT2D eigenvalue weighted by Gasteiger charge is 2.07.